The number of benzene rings is 1. The molecule has 0 fully saturated rings. The molecule has 1 aromatic carbocycles. The third-order valence-corrected chi connectivity index (χ3v) is 2.39. The van der Waals surface area contributed by atoms with Crippen molar-refractivity contribution in [2.75, 3.05) is 26.3 Å². The van der Waals surface area contributed by atoms with E-state index in [9.17, 15) is 10.1 Å². The van der Waals surface area contributed by atoms with Gasteiger partial charge >= 0.3 is 5.69 Å². The van der Waals surface area contributed by atoms with Gasteiger partial charge in [-0.05, 0) is 19.0 Å². The standard InChI is InChI=1S/C13H20N2O4/c1-3-8-19-13-10-11(18-9-7-14-4-2)5-6-12(13)15(16)17/h5-6,10,14H,3-4,7-9H2,1-2H3. The Morgan fingerprint density at radius 1 is 1.26 bits per heavy atom. The lowest BCUT2D eigenvalue weighted by atomic mass is 10.3. The van der Waals surface area contributed by atoms with Crippen LogP contribution in [-0.2, 0) is 0 Å². The Balaban J connectivity index is 2.70. The molecule has 0 aliphatic carbocycles. The molecule has 0 aromatic heterocycles. The summed E-state index contributed by atoms with van der Waals surface area (Å²) >= 11 is 0. The normalized spacial score (nSPS) is 10.2. The molecule has 0 saturated heterocycles. The lowest BCUT2D eigenvalue weighted by Crippen LogP contribution is -2.20. The summed E-state index contributed by atoms with van der Waals surface area (Å²) in [6.07, 6.45) is 0.794. The van der Waals surface area contributed by atoms with Crippen molar-refractivity contribution in [3.8, 4) is 11.5 Å². The molecule has 0 bridgehead atoms. The second-order valence-electron chi connectivity index (χ2n) is 3.94. The second kappa shape index (κ2) is 8.31. The molecule has 0 amide bonds. The molecule has 1 rings (SSSR count). The molecule has 6 heteroatoms. The van der Waals surface area contributed by atoms with Crippen LogP contribution in [0.1, 0.15) is 20.3 Å². The van der Waals surface area contributed by atoms with Crippen molar-refractivity contribution in [1.29, 1.82) is 0 Å². The number of nitro groups is 1. The van der Waals surface area contributed by atoms with Gasteiger partial charge < -0.3 is 14.8 Å². The second-order valence-corrected chi connectivity index (χ2v) is 3.94. The first-order chi connectivity index (χ1) is 9.19. The maximum atomic E-state index is 10.9. The summed E-state index contributed by atoms with van der Waals surface area (Å²) in [6.45, 7) is 6.54. The molecular weight excluding hydrogens is 248 g/mol. The fraction of sp³-hybridized carbons (Fsp3) is 0.538. The van der Waals surface area contributed by atoms with Gasteiger partial charge in [0.25, 0.3) is 0 Å². The van der Waals surface area contributed by atoms with Crippen LogP contribution in [0.15, 0.2) is 18.2 Å². The largest absolute Gasteiger partial charge is 0.492 e. The van der Waals surface area contributed by atoms with Crippen molar-refractivity contribution in [2.45, 2.75) is 20.3 Å². The fourth-order valence-electron chi connectivity index (χ4n) is 1.48. The lowest BCUT2D eigenvalue weighted by molar-refractivity contribution is -0.385. The van der Waals surface area contributed by atoms with Crippen LogP contribution in [0.2, 0.25) is 0 Å². The van der Waals surface area contributed by atoms with E-state index in [1.54, 1.807) is 12.1 Å². The molecular formula is C13H20N2O4. The molecule has 0 spiro atoms. The van der Waals surface area contributed by atoms with Gasteiger partial charge in [-0.15, -0.1) is 0 Å². The maximum absolute atomic E-state index is 10.9. The van der Waals surface area contributed by atoms with Crippen molar-refractivity contribution in [3.63, 3.8) is 0 Å². The smallest absolute Gasteiger partial charge is 0.311 e. The van der Waals surface area contributed by atoms with E-state index in [1.807, 2.05) is 13.8 Å². The summed E-state index contributed by atoms with van der Waals surface area (Å²) in [4.78, 5) is 10.4. The third-order valence-electron chi connectivity index (χ3n) is 2.39. The van der Waals surface area contributed by atoms with Crippen molar-refractivity contribution in [3.05, 3.63) is 28.3 Å². The van der Waals surface area contributed by atoms with Gasteiger partial charge in [0, 0.05) is 18.7 Å². The Kier molecular flexibility index (Phi) is 6.67. The predicted molar refractivity (Wildman–Crippen MR) is 72.9 cm³/mol. The van der Waals surface area contributed by atoms with Crippen molar-refractivity contribution < 1.29 is 14.4 Å². The van der Waals surface area contributed by atoms with Crippen LogP contribution in [0.4, 0.5) is 5.69 Å². The van der Waals surface area contributed by atoms with Crippen LogP contribution in [0.3, 0.4) is 0 Å². The van der Waals surface area contributed by atoms with Gasteiger partial charge in [0.1, 0.15) is 12.4 Å². The number of rotatable bonds is 9. The molecule has 6 nitrogen and oxygen atoms in total. The molecule has 0 unspecified atom stereocenters. The summed E-state index contributed by atoms with van der Waals surface area (Å²) in [5, 5.41) is 14.0. The summed E-state index contributed by atoms with van der Waals surface area (Å²) in [5.74, 6) is 0.836. The highest BCUT2D eigenvalue weighted by molar-refractivity contribution is 5.50. The number of nitro benzene ring substituents is 1. The number of ether oxygens (including phenoxy) is 2. The molecule has 0 aliphatic heterocycles. The molecule has 0 heterocycles. The number of hydrogen-bond donors (Lipinski definition) is 1. The monoisotopic (exact) mass is 268 g/mol. The molecule has 1 N–H and O–H groups in total. The van der Waals surface area contributed by atoms with Gasteiger partial charge in [0.2, 0.25) is 5.75 Å². The summed E-state index contributed by atoms with van der Waals surface area (Å²) < 4.78 is 10.9. The van der Waals surface area contributed by atoms with Crippen LogP contribution in [0.25, 0.3) is 0 Å². The number of likely N-dealkylation sites (N-methyl/N-ethyl adjacent to an activating group) is 1. The van der Waals surface area contributed by atoms with E-state index < -0.39 is 4.92 Å². The average molecular weight is 268 g/mol. The third kappa shape index (κ3) is 5.13. The molecule has 19 heavy (non-hydrogen) atoms. The first-order valence-corrected chi connectivity index (χ1v) is 6.43. The van der Waals surface area contributed by atoms with Crippen LogP contribution >= 0.6 is 0 Å². The Morgan fingerprint density at radius 2 is 2.05 bits per heavy atom. The van der Waals surface area contributed by atoms with E-state index in [1.165, 1.54) is 6.07 Å². The van der Waals surface area contributed by atoms with Gasteiger partial charge in [-0.3, -0.25) is 10.1 Å². The predicted octanol–water partition coefficient (Wildman–Crippen LogP) is 2.37. The molecule has 0 aliphatic rings. The van der Waals surface area contributed by atoms with E-state index >= 15 is 0 Å². The number of nitrogens with one attached hydrogen (secondary N) is 1. The molecule has 1 aromatic rings. The average Bonchev–Trinajstić information content (AvgIpc) is 2.41. The quantitative estimate of drug-likeness (QED) is 0.423. The topological polar surface area (TPSA) is 73.6 Å². The van der Waals surface area contributed by atoms with E-state index in [0.29, 0.717) is 19.0 Å². The highest BCUT2D eigenvalue weighted by Crippen LogP contribution is 2.31. The lowest BCUT2D eigenvalue weighted by Gasteiger charge is -2.09. The summed E-state index contributed by atoms with van der Waals surface area (Å²) in [6, 6.07) is 4.57. The van der Waals surface area contributed by atoms with Crippen LogP contribution < -0.4 is 14.8 Å². The Labute approximate surface area is 112 Å². The van der Waals surface area contributed by atoms with Gasteiger partial charge in [-0.1, -0.05) is 13.8 Å². The van der Waals surface area contributed by atoms with E-state index in [0.717, 1.165) is 19.5 Å². The Bertz CT molecular complexity index is 410. The van der Waals surface area contributed by atoms with E-state index in [4.69, 9.17) is 9.47 Å². The molecule has 0 radical (unpaired) electrons. The summed E-state index contributed by atoms with van der Waals surface area (Å²) in [7, 11) is 0. The van der Waals surface area contributed by atoms with Gasteiger partial charge in [0.05, 0.1) is 11.5 Å². The van der Waals surface area contributed by atoms with Crippen LogP contribution in [0, 0.1) is 10.1 Å². The minimum atomic E-state index is -0.451. The Morgan fingerprint density at radius 3 is 2.68 bits per heavy atom. The number of hydrogen-bond acceptors (Lipinski definition) is 5. The van der Waals surface area contributed by atoms with Crippen molar-refractivity contribution in [1.82, 2.24) is 5.32 Å². The number of nitrogens with zero attached hydrogens (tertiary/aromatic N) is 1. The van der Waals surface area contributed by atoms with Crippen molar-refractivity contribution >= 4 is 5.69 Å². The summed E-state index contributed by atoms with van der Waals surface area (Å²) in [5.41, 5.74) is -0.0347. The zero-order valence-corrected chi connectivity index (χ0v) is 11.3. The molecule has 0 atom stereocenters. The van der Waals surface area contributed by atoms with Gasteiger partial charge in [0.15, 0.2) is 0 Å². The van der Waals surface area contributed by atoms with E-state index in [2.05, 4.69) is 5.32 Å². The van der Waals surface area contributed by atoms with Gasteiger partial charge in [-0.2, -0.15) is 0 Å². The zero-order valence-electron chi connectivity index (χ0n) is 11.3. The molecule has 0 saturated carbocycles. The first-order valence-electron chi connectivity index (χ1n) is 6.43. The van der Waals surface area contributed by atoms with Gasteiger partial charge in [-0.25, -0.2) is 0 Å². The van der Waals surface area contributed by atoms with Crippen LogP contribution in [-0.4, -0.2) is 31.2 Å². The zero-order chi connectivity index (χ0) is 14.1. The minimum absolute atomic E-state index is 0.0347. The van der Waals surface area contributed by atoms with E-state index in [-0.39, 0.29) is 11.4 Å². The van der Waals surface area contributed by atoms with Crippen molar-refractivity contribution in [2.24, 2.45) is 0 Å². The maximum Gasteiger partial charge on any atom is 0.311 e. The SMILES string of the molecule is CCCOc1cc(OCCNCC)ccc1[N+](=O)[O-]. The Hall–Kier alpha value is -1.82. The highest BCUT2D eigenvalue weighted by Gasteiger charge is 2.15. The first kappa shape index (κ1) is 15.2. The highest BCUT2D eigenvalue weighted by atomic mass is 16.6. The van der Waals surface area contributed by atoms with Crippen LogP contribution in [0.5, 0.6) is 11.5 Å². The minimum Gasteiger partial charge on any atom is -0.492 e. The molecule has 106 valence electrons. The fourth-order valence-corrected chi connectivity index (χ4v) is 1.48.